The van der Waals surface area contributed by atoms with Crippen LogP contribution >= 0.6 is 0 Å². The molecule has 0 saturated carbocycles. The summed E-state index contributed by atoms with van der Waals surface area (Å²) in [5, 5.41) is 10.9. The van der Waals surface area contributed by atoms with E-state index in [1.165, 1.54) is 0 Å². The van der Waals surface area contributed by atoms with Gasteiger partial charge in [0, 0.05) is 45.8 Å². The number of amides is 2. The highest BCUT2D eigenvalue weighted by Crippen LogP contribution is 2.29. The van der Waals surface area contributed by atoms with Gasteiger partial charge in [-0.2, -0.15) is 0 Å². The first-order chi connectivity index (χ1) is 11.7. The molecule has 3 fully saturated rings. The predicted molar refractivity (Wildman–Crippen MR) is 83.7 cm³/mol. The van der Waals surface area contributed by atoms with E-state index in [-0.39, 0.29) is 23.8 Å². The Kier molecular flexibility index (Phi) is 5.39. The maximum absolute atomic E-state index is 12.6. The number of fused-ring (bicyclic) bond motifs is 4. The monoisotopic (exact) mass is 336 g/mol. The number of nitrogens with zero attached hydrogens (tertiary/aromatic N) is 6. The van der Waals surface area contributed by atoms with Gasteiger partial charge in [-0.3, -0.25) is 9.59 Å². The normalized spacial score (nSPS) is 23.6. The summed E-state index contributed by atoms with van der Waals surface area (Å²) in [6.45, 7) is 2.95. The maximum atomic E-state index is 12.6. The highest BCUT2D eigenvalue weighted by Gasteiger charge is 2.41. The van der Waals surface area contributed by atoms with E-state index in [1.54, 1.807) is 18.1 Å². The van der Waals surface area contributed by atoms with Crippen LogP contribution in [-0.2, 0) is 20.9 Å². The van der Waals surface area contributed by atoms with Crippen LogP contribution in [0.1, 0.15) is 25.7 Å². The SMILES string of the molecule is COCCN1C(=O)[C@@H]2CC[C@H]1CN(C(=O)CCCn1cnnn1)C2. The van der Waals surface area contributed by atoms with Gasteiger partial charge in [-0.05, 0) is 29.7 Å². The van der Waals surface area contributed by atoms with Crippen LogP contribution in [0.4, 0.5) is 0 Å². The van der Waals surface area contributed by atoms with Gasteiger partial charge in [-0.1, -0.05) is 0 Å². The summed E-state index contributed by atoms with van der Waals surface area (Å²) in [5.74, 6) is 0.220. The third kappa shape index (κ3) is 3.72. The molecule has 4 heterocycles. The summed E-state index contributed by atoms with van der Waals surface area (Å²) in [4.78, 5) is 28.9. The molecule has 2 bridgehead atoms. The minimum absolute atomic E-state index is 0.0657. The van der Waals surface area contributed by atoms with Gasteiger partial charge in [0.15, 0.2) is 0 Å². The third-order valence-electron chi connectivity index (χ3n) is 4.85. The predicted octanol–water partition coefficient (Wildman–Crippen LogP) is -0.451. The molecule has 0 aliphatic carbocycles. The Morgan fingerprint density at radius 1 is 1.33 bits per heavy atom. The average Bonchev–Trinajstić information content (AvgIpc) is 2.94. The van der Waals surface area contributed by atoms with Crippen LogP contribution in [0.2, 0.25) is 0 Å². The van der Waals surface area contributed by atoms with Gasteiger partial charge in [0.1, 0.15) is 6.33 Å². The minimum Gasteiger partial charge on any atom is -0.383 e. The van der Waals surface area contributed by atoms with Crippen molar-refractivity contribution in [2.24, 2.45) is 5.92 Å². The Hall–Kier alpha value is -2.03. The molecule has 2 amide bonds. The van der Waals surface area contributed by atoms with Crippen LogP contribution in [0, 0.1) is 5.92 Å². The highest BCUT2D eigenvalue weighted by molar-refractivity contribution is 5.83. The number of piperidine rings is 1. The molecule has 3 aliphatic heterocycles. The molecule has 3 saturated heterocycles. The first kappa shape index (κ1) is 16.8. The molecular weight excluding hydrogens is 312 g/mol. The van der Waals surface area contributed by atoms with Gasteiger partial charge in [0.05, 0.1) is 12.5 Å². The topological polar surface area (TPSA) is 93.5 Å². The molecule has 1 aromatic rings. The van der Waals surface area contributed by atoms with Gasteiger partial charge in [0.2, 0.25) is 11.8 Å². The van der Waals surface area contributed by atoms with Gasteiger partial charge in [-0.25, -0.2) is 4.68 Å². The van der Waals surface area contributed by atoms with E-state index in [0.717, 1.165) is 12.8 Å². The van der Waals surface area contributed by atoms with Crippen molar-refractivity contribution in [3.05, 3.63) is 6.33 Å². The molecule has 0 radical (unpaired) electrons. The molecular formula is C15H24N6O3. The van der Waals surface area contributed by atoms with Crippen LogP contribution < -0.4 is 0 Å². The summed E-state index contributed by atoms with van der Waals surface area (Å²) in [7, 11) is 1.64. The second kappa shape index (κ2) is 7.69. The van der Waals surface area contributed by atoms with Gasteiger partial charge in [0.25, 0.3) is 0 Å². The average molecular weight is 336 g/mol. The van der Waals surface area contributed by atoms with Crippen molar-refractivity contribution in [1.29, 1.82) is 0 Å². The van der Waals surface area contributed by atoms with E-state index in [0.29, 0.717) is 45.6 Å². The van der Waals surface area contributed by atoms with Crippen molar-refractivity contribution in [2.45, 2.75) is 38.3 Å². The summed E-state index contributed by atoms with van der Waals surface area (Å²) < 4.78 is 6.73. The lowest BCUT2D eigenvalue weighted by molar-refractivity contribution is -0.140. The second-order valence-corrected chi connectivity index (χ2v) is 6.43. The number of hydrogen-bond acceptors (Lipinski definition) is 6. The molecule has 2 atom stereocenters. The molecule has 24 heavy (non-hydrogen) atoms. The molecule has 1 aromatic heterocycles. The van der Waals surface area contributed by atoms with Crippen LogP contribution in [-0.4, -0.2) is 81.2 Å². The van der Waals surface area contributed by atoms with E-state index in [9.17, 15) is 9.59 Å². The Labute approximate surface area is 140 Å². The number of aromatic nitrogens is 4. The van der Waals surface area contributed by atoms with E-state index < -0.39 is 0 Å². The molecule has 9 heteroatoms. The largest absolute Gasteiger partial charge is 0.383 e. The Bertz CT molecular complexity index is 564. The van der Waals surface area contributed by atoms with Crippen molar-refractivity contribution in [3.63, 3.8) is 0 Å². The fraction of sp³-hybridized carbons (Fsp3) is 0.800. The second-order valence-electron chi connectivity index (χ2n) is 6.43. The van der Waals surface area contributed by atoms with E-state index in [4.69, 9.17) is 4.74 Å². The standard InChI is InChI=1S/C15H24N6O3/c1-24-8-7-21-13-5-4-12(15(21)23)9-19(10-13)14(22)3-2-6-20-11-16-17-18-20/h11-13H,2-10H2,1H3/t12-,13+/m1/s1. The van der Waals surface area contributed by atoms with Crippen LogP contribution in [0.3, 0.4) is 0 Å². The van der Waals surface area contributed by atoms with E-state index >= 15 is 0 Å². The van der Waals surface area contributed by atoms with Crippen molar-refractivity contribution >= 4 is 11.8 Å². The zero-order valence-electron chi connectivity index (χ0n) is 14.0. The summed E-state index contributed by atoms with van der Waals surface area (Å²) in [5.41, 5.74) is 0. The number of methoxy groups -OCH3 is 1. The lowest BCUT2D eigenvalue weighted by Crippen LogP contribution is -2.49. The molecule has 9 nitrogen and oxygen atoms in total. The number of carbonyl (C=O) groups excluding carboxylic acids is 2. The third-order valence-corrected chi connectivity index (χ3v) is 4.85. The van der Waals surface area contributed by atoms with Crippen LogP contribution in [0.15, 0.2) is 6.33 Å². The van der Waals surface area contributed by atoms with Gasteiger partial charge < -0.3 is 14.5 Å². The number of aryl methyl sites for hydroxylation is 1. The van der Waals surface area contributed by atoms with Crippen molar-refractivity contribution < 1.29 is 14.3 Å². The molecule has 4 rings (SSSR count). The van der Waals surface area contributed by atoms with E-state index in [1.807, 2.05) is 9.80 Å². The Balaban J connectivity index is 1.55. The number of hydrogen-bond donors (Lipinski definition) is 0. The quantitative estimate of drug-likeness (QED) is 0.669. The fourth-order valence-electron chi connectivity index (χ4n) is 3.56. The summed E-state index contributed by atoms with van der Waals surface area (Å²) in [6, 6.07) is 0.120. The van der Waals surface area contributed by atoms with Crippen molar-refractivity contribution in [3.8, 4) is 0 Å². The minimum atomic E-state index is -0.0657. The van der Waals surface area contributed by atoms with E-state index in [2.05, 4.69) is 15.5 Å². The smallest absolute Gasteiger partial charge is 0.227 e. The molecule has 0 N–H and O–H groups in total. The zero-order valence-corrected chi connectivity index (χ0v) is 14.0. The lowest BCUT2D eigenvalue weighted by atomic mass is 9.94. The lowest BCUT2D eigenvalue weighted by Gasteiger charge is -2.35. The fourth-order valence-corrected chi connectivity index (χ4v) is 3.56. The molecule has 132 valence electrons. The first-order valence-electron chi connectivity index (χ1n) is 8.47. The Morgan fingerprint density at radius 2 is 2.21 bits per heavy atom. The number of rotatable bonds is 7. The summed E-state index contributed by atoms with van der Waals surface area (Å²) in [6.07, 6.45) is 4.53. The van der Waals surface area contributed by atoms with Crippen molar-refractivity contribution in [2.75, 3.05) is 33.4 Å². The zero-order chi connectivity index (χ0) is 16.9. The molecule has 0 aromatic carbocycles. The molecule has 0 unspecified atom stereocenters. The van der Waals surface area contributed by atoms with Gasteiger partial charge in [-0.15, -0.1) is 5.10 Å². The number of tetrazole rings is 1. The number of carbonyl (C=O) groups is 2. The Morgan fingerprint density at radius 3 is 2.96 bits per heavy atom. The first-order valence-corrected chi connectivity index (χ1v) is 8.47. The van der Waals surface area contributed by atoms with Gasteiger partial charge >= 0.3 is 0 Å². The molecule has 0 spiro atoms. The highest BCUT2D eigenvalue weighted by atomic mass is 16.5. The maximum Gasteiger partial charge on any atom is 0.227 e. The van der Waals surface area contributed by atoms with Crippen LogP contribution in [0.25, 0.3) is 0 Å². The number of ether oxygens (including phenoxy) is 1. The molecule has 3 aliphatic rings. The van der Waals surface area contributed by atoms with Crippen LogP contribution in [0.5, 0.6) is 0 Å². The van der Waals surface area contributed by atoms with Crippen molar-refractivity contribution in [1.82, 2.24) is 30.0 Å². The summed E-state index contributed by atoms with van der Waals surface area (Å²) >= 11 is 0.